The molecule has 0 heterocycles. The van der Waals surface area contributed by atoms with Crippen LogP contribution in [0.1, 0.15) is 11.1 Å². The number of nitrogens with one attached hydrogen (secondary N) is 1. The van der Waals surface area contributed by atoms with E-state index in [1.54, 1.807) is 24.3 Å². The molecule has 0 aromatic heterocycles. The number of amides is 1. The molecule has 0 fully saturated rings. The lowest BCUT2D eigenvalue weighted by atomic mass is 10.0. The van der Waals surface area contributed by atoms with Crippen LogP contribution in [0.2, 0.25) is 0 Å². The molecule has 0 aliphatic heterocycles. The van der Waals surface area contributed by atoms with E-state index in [9.17, 15) is 23.5 Å². The van der Waals surface area contributed by atoms with Gasteiger partial charge in [-0.25, -0.2) is 13.6 Å². The number of carbonyl (C=O) groups is 2. The molecule has 1 amide bonds. The molecule has 2 aromatic rings. The van der Waals surface area contributed by atoms with E-state index in [1.807, 2.05) is 0 Å². The van der Waals surface area contributed by atoms with Gasteiger partial charge in [0.25, 0.3) is 0 Å². The number of hydrogen-bond donors (Lipinski definition) is 2. The van der Waals surface area contributed by atoms with Gasteiger partial charge in [0.15, 0.2) is 0 Å². The predicted molar refractivity (Wildman–Crippen MR) is 86.3 cm³/mol. The molecule has 0 aliphatic rings. The molecule has 0 spiro atoms. The summed E-state index contributed by atoms with van der Waals surface area (Å²) in [6.07, 6.45) is -0.546. The second kappa shape index (κ2) is 8.23. The molecule has 0 unspecified atom stereocenters. The van der Waals surface area contributed by atoms with Gasteiger partial charge < -0.3 is 15.2 Å². The van der Waals surface area contributed by atoms with Crippen LogP contribution in [0.3, 0.4) is 0 Å². The molecular formula is C18H17F2NO4. The SMILES string of the molecule is COc1ccc(C[C@@H](NC(=O)Cc2c(F)cccc2F)C(=O)O)cc1. The van der Waals surface area contributed by atoms with E-state index in [4.69, 9.17) is 4.74 Å². The van der Waals surface area contributed by atoms with E-state index in [2.05, 4.69) is 5.32 Å². The quantitative estimate of drug-likeness (QED) is 0.804. The van der Waals surface area contributed by atoms with Gasteiger partial charge in [-0.15, -0.1) is 0 Å². The van der Waals surface area contributed by atoms with Gasteiger partial charge in [0, 0.05) is 12.0 Å². The van der Waals surface area contributed by atoms with E-state index >= 15 is 0 Å². The van der Waals surface area contributed by atoms with Crippen LogP contribution in [0, 0.1) is 11.6 Å². The van der Waals surface area contributed by atoms with Gasteiger partial charge in [-0.05, 0) is 29.8 Å². The lowest BCUT2D eigenvalue weighted by Crippen LogP contribution is -2.43. The lowest BCUT2D eigenvalue weighted by Gasteiger charge is -2.15. The zero-order chi connectivity index (χ0) is 18.4. The second-order valence-electron chi connectivity index (χ2n) is 5.39. The summed E-state index contributed by atoms with van der Waals surface area (Å²) in [5, 5.41) is 11.6. The number of methoxy groups -OCH3 is 1. The first-order valence-electron chi connectivity index (χ1n) is 7.48. The highest BCUT2D eigenvalue weighted by molar-refractivity contribution is 5.85. The number of hydrogen-bond acceptors (Lipinski definition) is 3. The number of carbonyl (C=O) groups excluding carboxylic acids is 1. The second-order valence-corrected chi connectivity index (χ2v) is 5.39. The molecule has 1 atom stereocenters. The molecule has 2 rings (SSSR count). The molecular weight excluding hydrogens is 332 g/mol. The normalized spacial score (nSPS) is 11.6. The average Bonchev–Trinajstić information content (AvgIpc) is 2.58. The van der Waals surface area contributed by atoms with Crippen molar-refractivity contribution in [2.45, 2.75) is 18.9 Å². The van der Waals surface area contributed by atoms with Crippen LogP contribution >= 0.6 is 0 Å². The van der Waals surface area contributed by atoms with E-state index in [-0.39, 0.29) is 6.42 Å². The Bertz CT molecular complexity index is 742. The summed E-state index contributed by atoms with van der Waals surface area (Å²) in [7, 11) is 1.51. The minimum absolute atomic E-state index is 0.0326. The van der Waals surface area contributed by atoms with Crippen LogP contribution < -0.4 is 10.1 Å². The zero-order valence-electron chi connectivity index (χ0n) is 13.5. The van der Waals surface area contributed by atoms with Gasteiger partial charge in [0.2, 0.25) is 5.91 Å². The fraction of sp³-hybridized carbons (Fsp3) is 0.222. The van der Waals surface area contributed by atoms with Crippen molar-refractivity contribution in [2.24, 2.45) is 0 Å². The molecule has 0 radical (unpaired) electrons. The smallest absolute Gasteiger partial charge is 0.326 e. The van der Waals surface area contributed by atoms with E-state index in [0.717, 1.165) is 12.1 Å². The van der Waals surface area contributed by atoms with Gasteiger partial charge in [-0.1, -0.05) is 18.2 Å². The summed E-state index contributed by atoms with van der Waals surface area (Å²) < 4.78 is 32.2. The van der Waals surface area contributed by atoms with Crippen molar-refractivity contribution < 1.29 is 28.2 Å². The summed E-state index contributed by atoms with van der Waals surface area (Å²) in [6.45, 7) is 0. The standard InChI is InChI=1S/C18H17F2NO4/c1-25-12-7-5-11(6-8-12)9-16(18(23)24)21-17(22)10-13-14(19)3-2-4-15(13)20/h2-8,16H,9-10H2,1H3,(H,21,22)(H,23,24)/t16-/m1/s1. The van der Waals surface area contributed by atoms with Gasteiger partial charge in [0.1, 0.15) is 23.4 Å². The lowest BCUT2D eigenvalue weighted by molar-refractivity contribution is -0.141. The summed E-state index contributed by atoms with van der Waals surface area (Å²) in [5.74, 6) is -3.09. The van der Waals surface area contributed by atoms with Gasteiger partial charge >= 0.3 is 5.97 Å². The molecule has 5 nitrogen and oxygen atoms in total. The largest absolute Gasteiger partial charge is 0.497 e. The first kappa shape index (κ1) is 18.4. The Morgan fingerprint density at radius 1 is 1.12 bits per heavy atom. The minimum atomic E-state index is -1.24. The van der Waals surface area contributed by atoms with Crippen molar-refractivity contribution in [3.8, 4) is 5.75 Å². The van der Waals surface area contributed by atoms with Crippen LogP contribution in [-0.2, 0) is 22.4 Å². The molecule has 0 bridgehead atoms. The molecule has 25 heavy (non-hydrogen) atoms. The molecule has 2 aromatic carbocycles. The number of aliphatic carboxylic acids is 1. The van der Waals surface area contributed by atoms with E-state index < -0.39 is 41.5 Å². The van der Waals surface area contributed by atoms with Crippen molar-refractivity contribution in [1.29, 1.82) is 0 Å². The number of benzene rings is 2. The molecule has 0 aliphatic carbocycles. The Labute approximate surface area is 143 Å². The third-order valence-corrected chi connectivity index (χ3v) is 3.63. The van der Waals surface area contributed by atoms with Crippen LogP contribution in [0.5, 0.6) is 5.75 Å². The number of halogens is 2. The van der Waals surface area contributed by atoms with Crippen molar-refractivity contribution in [3.63, 3.8) is 0 Å². The van der Waals surface area contributed by atoms with Crippen LogP contribution in [0.15, 0.2) is 42.5 Å². The van der Waals surface area contributed by atoms with Crippen LogP contribution in [-0.4, -0.2) is 30.1 Å². The monoisotopic (exact) mass is 349 g/mol. The van der Waals surface area contributed by atoms with Crippen molar-refractivity contribution >= 4 is 11.9 Å². The number of carboxylic acid groups (broad SMARTS) is 1. The van der Waals surface area contributed by atoms with Crippen molar-refractivity contribution in [2.75, 3.05) is 7.11 Å². The molecule has 0 saturated carbocycles. The first-order chi connectivity index (χ1) is 11.9. The fourth-order valence-corrected chi connectivity index (χ4v) is 2.30. The number of ether oxygens (including phenoxy) is 1. The average molecular weight is 349 g/mol. The summed E-state index contributed by atoms with van der Waals surface area (Å²) in [4.78, 5) is 23.4. The highest BCUT2D eigenvalue weighted by Gasteiger charge is 2.22. The van der Waals surface area contributed by atoms with Crippen molar-refractivity contribution in [3.05, 3.63) is 65.2 Å². The van der Waals surface area contributed by atoms with E-state index in [0.29, 0.717) is 11.3 Å². The van der Waals surface area contributed by atoms with Gasteiger partial charge in [-0.2, -0.15) is 0 Å². The summed E-state index contributed by atoms with van der Waals surface area (Å²) in [5.41, 5.74) is 0.277. The van der Waals surface area contributed by atoms with Crippen LogP contribution in [0.25, 0.3) is 0 Å². The Morgan fingerprint density at radius 3 is 2.24 bits per heavy atom. The Hall–Kier alpha value is -2.96. The Balaban J connectivity index is 2.05. The topological polar surface area (TPSA) is 75.6 Å². The first-order valence-corrected chi connectivity index (χ1v) is 7.48. The highest BCUT2D eigenvalue weighted by atomic mass is 19.1. The maximum Gasteiger partial charge on any atom is 0.326 e. The fourth-order valence-electron chi connectivity index (χ4n) is 2.30. The predicted octanol–water partition coefficient (Wildman–Crippen LogP) is 2.33. The van der Waals surface area contributed by atoms with Crippen molar-refractivity contribution in [1.82, 2.24) is 5.32 Å². The maximum absolute atomic E-state index is 13.6. The zero-order valence-corrected chi connectivity index (χ0v) is 13.5. The molecule has 2 N–H and O–H groups in total. The molecule has 0 saturated heterocycles. The maximum atomic E-state index is 13.6. The molecule has 132 valence electrons. The Kier molecular flexibility index (Phi) is 6.05. The third-order valence-electron chi connectivity index (χ3n) is 3.63. The summed E-state index contributed by atoms with van der Waals surface area (Å²) in [6, 6.07) is 8.76. The van der Waals surface area contributed by atoms with Crippen LogP contribution in [0.4, 0.5) is 8.78 Å². The van der Waals surface area contributed by atoms with Gasteiger partial charge in [-0.3, -0.25) is 4.79 Å². The number of carboxylic acids is 1. The minimum Gasteiger partial charge on any atom is -0.497 e. The number of rotatable bonds is 7. The van der Waals surface area contributed by atoms with Gasteiger partial charge in [0.05, 0.1) is 13.5 Å². The highest BCUT2D eigenvalue weighted by Crippen LogP contribution is 2.14. The third kappa shape index (κ3) is 5.00. The molecule has 7 heteroatoms. The van der Waals surface area contributed by atoms with E-state index in [1.165, 1.54) is 13.2 Å². The summed E-state index contributed by atoms with van der Waals surface area (Å²) >= 11 is 0. The Morgan fingerprint density at radius 2 is 1.72 bits per heavy atom.